The predicted molar refractivity (Wildman–Crippen MR) is 71.3 cm³/mol. The highest BCUT2D eigenvalue weighted by molar-refractivity contribution is 8.00. The van der Waals surface area contributed by atoms with Crippen molar-refractivity contribution in [3.8, 4) is 0 Å². The highest BCUT2D eigenvalue weighted by Crippen LogP contribution is 2.21. The molecule has 19 heavy (non-hydrogen) atoms. The van der Waals surface area contributed by atoms with Crippen molar-refractivity contribution in [2.75, 3.05) is 6.61 Å². The maximum atomic E-state index is 11.8. The van der Waals surface area contributed by atoms with Crippen molar-refractivity contribution in [1.29, 1.82) is 0 Å². The van der Waals surface area contributed by atoms with E-state index in [4.69, 9.17) is 4.74 Å². The molecule has 0 bridgehead atoms. The van der Waals surface area contributed by atoms with Crippen LogP contribution in [0.2, 0.25) is 0 Å². The zero-order valence-corrected chi connectivity index (χ0v) is 11.7. The van der Waals surface area contributed by atoms with Crippen molar-refractivity contribution in [3.05, 3.63) is 20.8 Å². The zero-order valence-electron chi connectivity index (χ0n) is 10.9. The van der Waals surface area contributed by atoms with Gasteiger partial charge in [0, 0.05) is 0 Å². The van der Waals surface area contributed by atoms with Gasteiger partial charge in [0.15, 0.2) is 5.03 Å². The summed E-state index contributed by atoms with van der Waals surface area (Å²) in [6.45, 7) is 4.20. The van der Waals surface area contributed by atoms with E-state index in [0.29, 0.717) is 13.0 Å². The number of aromatic nitrogens is 3. The molecule has 0 aliphatic rings. The van der Waals surface area contributed by atoms with Crippen LogP contribution in [-0.4, -0.2) is 33.0 Å². The molecule has 7 nitrogen and oxygen atoms in total. The maximum absolute atomic E-state index is 11.8. The van der Waals surface area contributed by atoms with Crippen molar-refractivity contribution < 1.29 is 9.53 Å². The first-order valence-corrected chi connectivity index (χ1v) is 6.98. The molecule has 106 valence electrons. The first-order valence-electron chi connectivity index (χ1n) is 6.10. The van der Waals surface area contributed by atoms with Crippen LogP contribution in [0.4, 0.5) is 0 Å². The van der Waals surface area contributed by atoms with Gasteiger partial charge in [-0.15, -0.1) is 0 Å². The second-order valence-electron chi connectivity index (χ2n) is 3.85. The Morgan fingerprint density at radius 2 is 2.16 bits per heavy atom. The number of hydrogen-bond acceptors (Lipinski definition) is 6. The predicted octanol–water partition coefficient (Wildman–Crippen LogP) is 0.672. The molecule has 1 rings (SSSR count). The molecule has 0 aliphatic heterocycles. The molecule has 0 saturated carbocycles. The normalized spacial score (nSPS) is 12.1. The number of unbranched alkanes of at least 4 members (excludes halogenated alkanes) is 1. The molecule has 0 saturated heterocycles. The Hall–Kier alpha value is -1.57. The summed E-state index contributed by atoms with van der Waals surface area (Å²) in [5.41, 5.74) is -1.28. The van der Waals surface area contributed by atoms with Crippen LogP contribution in [0.5, 0.6) is 0 Å². The van der Waals surface area contributed by atoms with Crippen LogP contribution in [0.1, 0.15) is 33.1 Å². The number of nitrogens with zero attached hydrogens (tertiary/aromatic N) is 1. The standard InChI is InChI=1S/C11H17N3O4S/c1-3-5-6-18-10(16)7(4-2)19-9-8(15)12-11(17)14-13-9/h7H,3-6H2,1-2H3,(H2,12,14,15,17)/t7-/m0/s1. The minimum atomic E-state index is -0.673. The average molecular weight is 287 g/mol. The largest absolute Gasteiger partial charge is 0.465 e. The minimum absolute atomic E-state index is 0.0545. The Morgan fingerprint density at radius 1 is 1.42 bits per heavy atom. The third-order valence-corrected chi connectivity index (χ3v) is 3.62. The van der Waals surface area contributed by atoms with Crippen molar-refractivity contribution in [3.63, 3.8) is 0 Å². The Kier molecular flexibility index (Phi) is 6.34. The Bertz CT molecular complexity index is 525. The minimum Gasteiger partial charge on any atom is -0.465 e. The Labute approximate surface area is 114 Å². The lowest BCUT2D eigenvalue weighted by atomic mass is 10.3. The van der Waals surface area contributed by atoms with Gasteiger partial charge in [-0.25, -0.2) is 9.89 Å². The van der Waals surface area contributed by atoms with E-state index < -0.39 is 16.5 Å². The fraction of sp³-hybridized carbons (Fsp3) is 0.636. The number of hydrogen-bond donors (Lipinski definition) is 2. The summed E-state index contributed by atoms with van der Waals surface area (Å²) in [5, 5.41) is 5.30. The van der Waals surface area contributed by atoms with Gasteiger partial charge in [0.05, 0.1) is 6.61 Å². The molecule has 0 fully saturated rings. The third kappa shape index (κ3) is 4.90. The van der Waals surface area contributed by atoms with E-state index in [-0.39, 0.29) is 11.0 Å². The number of carbonyl (C=O) groups excluding carboxylic acids is 1. The van der Waals surface area contributed by atoms with Crippen LogP contribution in [0, 0.1) is 0 Å². The molecular weight excluding hydrogens is 270 g/mol. The highest BCUT2D eigenvalue weighted by atomic mass is 32.2. The van der Waals surface area contributed by atoms with Crippen LogP contribution in [0.3, 0.4) is 0 Å². The summed E-state index contributed by atoms with van der Waals surface area (Å²) >= 11 is 0.991. The zero-order chi connectivity index (χ0) is 14.3. The highest BCUT2D eigenvalue weighted by Gasteiger charge is 2.21. The second kappa shape index (κ2) is 7.78. The van der Waals surface area contributed by atoms with Crippen LogP contribution in [-0.2, 0) is 9.53 Å². The number of nitrogens with one attached hydrogen (secondary N) is 2. The van der Waals surface area contributed by atoms with E-state index >= 15 is 0 Å². The first-order chi connectivity index (χ1) is 9.08. The number of esters is 1. The summed E-state index contributed by atoms with van der Waals surface area (Å²) < 4.78 is 5.10. The molecule has 2 N–H and O–H groups in total. The lowest BCUT2D eigenvalue weighted by Gasteiger charge is -2.12. The van der Waals surface area contributed by atoms with Gasteiger partial charge in [-0.1, -0.05) is 32.0 Å². The molecule has 1 aromatic rings. The molecule has 1 atom stereocenters. The fourth-order valence-corrected chi connectivity index (χ4v) is 2.12. The van der Waals surface area contributed by atoms with E-state index in [1.165, 1.54) is 0 Å². The summed E-state index contributed by atoms with van der Waals surface area (Å²) in [4.78, 5) is 36.1. The summed E-state index contributed by atoms with van der Waals surface area (Å²) in [6, 6.07) is 0. The first kappa shape index (κ1) is 15.5. The smallest absolute Gasteiger partial charge is 0.342 e. The van der Waals surface area contributed by atoms with Crippen LogP contribution < -0.4 is 11.2 Å². The number of carbonyl (C=O) groups is 1. The van der Waals surface area contributed by atoms with Gasteiger partial charge >= 0.3 is 11.7 Å². The molecule has 0 aliphatic carbocycles. The van der Waals surface area contributed by atoms with E-state index in [0.717, 1.165) is 24.6 Å². The molecular formula is C11H17N3O4S. The number of ether oxygens (including phenoxy) is 1. The molecule has 0 spiro atoms. The summed E-state index contributed by atoms with van der Waals surface area (Å²) in [5.74, 6) is -0.367. The van der Waals surface area contributed by atoms with Crippen molar-refractivity contribution in [2.24, 2.45) is 0 Å². The van der Waals surface area contributed by atoms with Gasteiger partial charge in [-0.3, -0.25) is 14.6 Å². The van der Waals surface area contributed by atoms with Gasteiger partial charge in [-0.2, -0.15) is 5.10 Å². The van der Waals surface area contributed by atoms with E-state index in [1.54, 1.807) is 0 Å². The maximum Gasteiger partial charge on any atom is 0.342 e. The monoisotopic (exact) mass is 287 g/mol. The quantitative estimate of drug-likeness (QED) is 0.434. The number of H-pyrrole nitrogens is 2. The van der Waals surface area contributed by atoms with Crippen LogP contribution >= 0.6 is 11.8 Å². The molecule has 0 aromatic carbocycles. The SMILES string of the molecule is CCCCOC(=O)[C@H](CC)Sc1n[nH]c(=O)[nH]c1=O. The van der Waals surface area contributed by atoms with Crippen LogP contribution in [0.25, 0.3) is 0 Å². The Morgan fingerprint density at radius 3 is 2.74 bits per heavy atom. The molecule has 1 aromatic heterocycles. The lowest BCUT2D eigenvalue weighted by molar-refractivity contribution is -0.143. The summed E-state index contributed by atoms with van der Waals surface area (Å²) in [6.07, 6.45) is 2.26. The van der Waals surface area contributed by atoms with Crippen molar-refractivity contribution >= 4 is 17.7 Å². The number of thioether (sulfide) groups is 1. The molecule has 0 unspecified atom stereocenters. The molecule has 0 amide bonds. The van der Waals surface area contributed by atoms with Gasteiger partial charge in [0.2, 0.25) is 0 Å². The van der Waals surface area contributed by atoms with Crippen molar-refractivity contribution in [1.82, 2.24) is 15.2 Å². The van der Waals surface area contributed by atoms with E-state index in [9.17, 15) is 14.4 Å². The summed E-state index contributed by atoms with van der Waals surface area (Å²) in [7, 11) is 0. The second-order valence-corrected chi connectivity index (χ2v) is 5.04. The molecule has 0 radical (unpaired) electrons. The average Bonchev–Trinajstić information content (AvgIpc) is 2.38. The van der Waals surface area contributed by atoms with Crippen molar-refractivity contribution in [2.45, 2.75) is 43.4 Å². The van der Waals surface area contributed by atoms with Gasteiger partial charge < -0.3 is 4.74 Å². The molecule has 1 heterocycles. The lowest BCUT2D eigenvalue weighted by Crippen LogP contribution is -2.27. The van der Waals surface area contributed by atoms with E-state index in [2.05, 4.69) is 15.2 Å². The van der Waals surface area contributed by atoms with Gasteiger partial charge in [0.25, 0.3) is 5.56 Å². The number of rotatable bonds is 7. The van der Waals surface area contributed by atoms with E-state index in [1.807, 2.05) is 13.8 Å². The fourth-order valence-electron chi connectivity index (χ4n) is 1.26. The topological polar surface area (TPSA) is 105 Å². The third-order valence-electron chi connectivity index (χ3n) is 2.31. The molecule has 8 heteroatoms. The Balaban J connectivity index is 2.68. The van der Waals surface area contributed by atoms with Gasteiger partial charge in [0.1, 0.15) is 5.25 Å². The van der Waals surface area contributed by atoms with Gasteiger partial charge in [-0.05, 0) is 12.8 Å². The number of aromatic amines is 2. The van der Waals surface area contributed by atoms with Crippen LogP contribution in [0.15, 0.2) is 14.6 Å².